The first-order valence-electron chi connectivity index (χ1n) is 6.07. The molecule has 0 bridgehead atoms. The highest BCUT2D eigenvalue weighted by Gasteiger charge is 2.05. The summed E-state index contributed by atoms with van der Waals surface area (Å²) in [5.74, 6) is 0. The first-order chi connectivity index (χ1) is 8.16. The number of hydrogen-bond donors (Lipinski definition) is 1. The minimum absolute atomic E-state index is 0.537. The van der Waals surface area contributed by atoms with Gasteiger partial charge in [-0.05, 0) is 30.0 Å². The van der Waals surface area contributed by atoms with Crippen molar-refractivity contribution in [3.63, 3.8) is 0 Å². The average Bonchev–Trinajstić information content (AvgIpc) is 2.89. The molecule has 1 N–H and O–H groups in total. The van der Waals surface area contributed by atoms with Crippen LogP contribution >= 0.6 is 11.3 Å². The van der Waals surface area contributed by atoms with Crippen molar-refractivity contribution in [3.8, 4) is 0 Å². The molecule has 0 aliphatic carbocycles. The first-order valence-corrected chi connectivity index (χ1v) is 6.95. The fourth-order valence-corrected chi connectivity index (χ4v) is 2.54. The van der Waals surface area contributed by atoms with E-state index in [1.54, 1.807) is 0 Å². The fraction of sp³-hybridized carbons (Fsp3) is 0.429. The Kier molecular flexibility index (Phi) is 4.02. The van der Waals surface area contributed by atoms with Gasteiger partial charge in [0.2, 0.25) is 0 Å². The van der Waals surface area contributed by atoms with Crippen LogP contribution in [0.15, 0.2) is 29.8 Å². The Morgan fingerprint density at radius 3 is 2.82 bits per heavy atom. The molecule has 0 atom stereocenters. The van der Waals surface area contributed by atoms with Crippen molar-refractivity contribution in [3.05, 3.63) is 45.9 Å². The molecule has 0 spiro atoms. The molecule has 0 radical (unpaired) electrons. The van der Waals surface area contributed by atoms with Crippen LogP contribution in [0.5, 0.6) is 0 Å². The molecule has 2 nitrogen and oxygen atoms in total. The van der Waals surface area contributed by atoms with Gasteiger partial charge in [-0.1, -0.05) is 19.9 Å². The van der Waals surface area contributed by atoms with Gasteiger partial charge in [0, 0.05) is 29.4 Å². The second kappa shape index (κ2) is 5.52. The average molecular weight is 248 g/mol. The van der Waals surface area contributed by atoms with Gasteiger partial charge in [-0.3, -0.25) is 0 Å². The molecule has 0 saturated heterocycles. The molecular formula is C14H20N2S. The van der Waals surface area contributed by atoms with Crippen LogP contribution in [-0.2, 0) is 13.1 Å². The van der Waals surface area contributed by atoms with Crippen LogP contribution in [0.2, 0.25) is 0 Å². The summed E-state index contributed by atoms with van der Waals surface area (Å²) in [4.78, 5) is 1.41. The van der Waals surface area contributed by atoms with Gasteiger partial charge in [0.15, 0.2) is 0 Å². The van der Waals surface area contributed by atoms with E-state index in [0.29, 0.717) is 6.04 Å². The summed E-state index contributed by atoms with van der Waals surface area (Å²) in [5.41, 5.74) is 2.77. The van der Waals surface area contributed by atoms with Crippen molar-refractivity contribution in [2.24, 2.45) is 0 Å². The third-order valence-corrected chi connectivity index (χ3v) is 3.82. The summed E-state index contributed by atoms with van der Waals surface area (Å²) in [5, 5.41) is 5.60. The predicted molar refractivity (Wildman–Crippen MR) is 74.6 cm³/mol. The zero-order valence-electron chi connectivity index (χ0n) is 10.7. The monoisotopic (exact) mass is 248 g/mol. The first kappa shape index (κ1) is 12.4. The normalized spacial score (nSPS) is 11.3. The second-order valence-electron chi connectivity index (χ2n) is 4.67. The zero-order valence-corrected chi connectivity index (χ0v) is 11.6. The maximum atomic E-state index is 3.46. The third kappa shape index (κ3) is 3.20. The van der Waals surface area contributed by atoms with Crippen molar-refractivity contribution in [2.75, 3.05) is 0 Å². The topological polar surface area (TPSA) is 17.0 Å². The van der Waals surface area contributed by atoms with Gasteiger partial charge in [0.1, 0.15) is 0 Å². The van der Waals surface area contributed by atoms with Crippen LogP contribution in [0.1, 0.15) is 30.0 Å². The molecule has 92 valence electrons. The molecular weight excluding hydrogens is 228 g/mol. The number of rotatable bonds is 5. The molecule has 0 aromatic carbocycles. The molecule has 17 heavy (non-hydrogen) atoms. The van der Waals surface area contributed by atoms with Crippen LogP contribution < -0.4 is 5.32 Å². The van der Waals surface area contributed by atoms with E-state index in [2.05, 4.69) is 60.4 Å². The van der Waals surface area contributed by atoms with Crippen molar-refractivity contribution in [1.82, 2.24) is 9.88 Å². The van der Waals surface area contributed by atoms with Gasteiger partial charge in [-0.25, -0.2) is 0 Å². The van der Waals surface area contributed by atoms with Crippen molar-refractivity contribution in [2.45, 2.75) is 39.9 Å². The maximum Gasteiger partial charge on any atom is 0.0566 e. The van der Waals surface area contributed by atoms with E-state index in [-0.39, 0.29) is 0 Å². The second-order valence-corrected chi connectivity index (χ2v) is 5.70. The van der Waals surface area contributed by atoms with Gasteiger partial charge >= 0.3 is 0 Å². The van der Waals surface area contributed by atoms with E-state index in [1.807, 2.05) is 11.3 Å². The molecule has 2 rings (SSSR count). The summed E-state index contributed by atoms with van der Waals surface area (Å²) >= 11 is 1.82. The van der Waals surface area contributed by atoms with E-state index < -0.39 is 0 Å². The van der Waals surface area contributed by atoms with Gasteiger partial charge in [0.25, 0.3) is 0 Å². The molecule has 0 aliphatic heterocycles. The standard InChI is InChI=1S/C14H20N2S/c1-11(2)15-9-13-6-7-16(12(13)3)10-14-5-4-8-17-14/h4-8,11,15H,9-10H2,1-3H3. The molecule has 0 amide bonds. The Bertz CT molecular complexity index is 455. The lowest BCUT2D eigenvalue weighted by Gasteiger charge is -2.09. The number of hydrogen-bond acceptors (Lipinski definition) is 2. The third-order valence-electron chi connectivity index (χ3n) is 2.96. The largest absolute Gasteiger partial charge is 0.346 e. The minimum Gasteiger partial charge on any atom is -0.346 e. The lowest BCUT2D eigenvalue weighted by atomic mass is 10.2. The van der Waals surface area contributed by atoms with Crippen LogP contribution in [-0.4, -0.2) is 10.6 Å². The highest BCUT2D eigenvalue weighted by Crippen LogP contribution is 2.15. The summed E-state index contributed by atoms with van der Waals surface area (Å²) in [6.07, 6.45) is 2.19. The van der Waals surface area contributed by atoms with Crippen molar-refractivity contribution in [1.29, 1.82) is 0 Å². The smallest absolute Gasteiger partial charge is 0.0566 e. The molecule has 3 heteroatoms. The molecule has 0 unspecified atom stereocenters. The Labute approximate surface area is 107 Å². The fourth-order valence-electron chi connectivity index (χ4n) is 1.84. The lowest BCUT2D eigenvalue weighted by Crippen LogP contribution is -2.22. The lowest BCUT2D eigenvalue weighted by molar-refractivity contribution is 0.586. The minimum atomic E-state index is 0.537. The Hall–Kier alpha value is -1.06. The van der Waals surface area contributed by atoms with Crippen LogP contribution in [0.3, 0.4) is 0 Å². The molecule has 0 saturated carbocycles. The van der Waals surface area contributed by atoms with Gasteiger partial charge in [0.05, 0.1) is 6.54 Å². The van der Waals surface area contributed by atoms with Gasteiger partial charge in [-0.2, -0.15) is 0 Å². The Morgan fingerprint density at radius 2 is 2.18 bits per heavy atom. The molecule has 0 fully saturated rings. The molecule has 2 heterocycles. The van der Waals surface area contributed by atoms with E-state index in [9.17, 15) is 0 Å². The maximum absolute atomic E-state index is 3.46. The highest BCUT2D eigenvalue weighted by molar-refractivity contribution is 7.09. The zero-order chi connectivity index (χ0) is 12.3. The van der Waals surface area contributed by atoms with E-state index in [0.717, 1.165) is 13.1 Å². The van der Waals surface area contributed by atoms with Crippen LogP contribution in [0.4, 0.5) is 0 Å². The number of thiophene rings is 1. The van der Waals surface area contributed by atoms with Crippen LogP contribution in [0, 0.1) is 6.92 Å². The summed E-state index contributed by atoms with van der Waals surface area (Å²) in [6, 6.07) is 7.06. The number of nitrogens with zero attached hydrogens (tertiary/aromatic N) is 1. The summed E-state index contributed by atoms with van der Waals surface area (Å²) in [6.45, 7) is 8.51. The molecule has 2 aromatic heterocycles. The summed E-state index contributed by atoms with van der Waals surface area (Å²) in [7, 11) is 0. The van der Waals surface area contributed by atoms with Crippen molar-refractivity contribution >= 4 is 11.3 Å². The molecule has 2 aromatic rings. The number of aromatic nitrogens is 1. The van der Waals surface area contributed by atoms with Gasteiger partial charge < -0.3 is 9.88 Å². The highest BCUT2D eigenvalue weighted by atomic mass is 32.1. The predicted octanol–water partition coefficient (Wildman–Crippen LogP) is 3.40. The Balaban J connectivity index is 2.04. The molecule has 0 aliphatic rings. The SMILES string of the molecule is Cc1c(CNC(C)C)ccn1Cc1cccs1. The number of nitrogens with one attached hydrogen (secondary N) is 1. The van der Waals surface area contributed by atoms with Crippen molar-refractivity contribution < 1.29 is 0 Å². The summed E-state index contributed by atoms with van der Waals surface area (Å²) < 4.78 is 2.32. The van der Waals surface area contributed by atoms with E-state index in [4.69, 9.17) is 0 Å². The van der Waals surface area contributed by atoms with E-state index in [1.165, 1.54) is 16.1 Å². The van der Waals surface area contributed by atoms with E-state index >= 15 is 0 Å². The Morgan fingerprint density at radius 1 is 1.35 bits per heavy atom. The van der Waals surface area contributed by atoms with Crippen LogP contribution in [0.25, 0.3) is 0 Å². The quantitative estimate of drug-likeness (QED) is 0.858. The van der Waals surface area contributed by atoms with Gasteiger partial charge in [-0.15, -0.1) is 11.3 Å².